The minimum absolute atomic E-state index is 0.132. The normalized spacial score (nSPS) is 10.7. The molecule has 3 aromatic heterocycles. The number of carbonyl (C=O) groups is 2. The van der Waals surface area contributed by atoms with Gasteiger partial charge in [-0.3, -0.25) is 14.6 Å². The molecule has 0 saturated carbocycles. The molecule has 3 aromatic rings. The van der Waals surface area contributed by atoms with E-state index in [2.05, 4.69) is 20.5 Å². The number of nitrogens with one attached hydrogen (secondary N) is 1. The summed E-state index contributed by atoms with van der Waals surface area (Å²) in [6, 6.07) is 9.40. The Kier molecular flexibility index (Phi) is 6.55. The lowest BCUT2D eigenvalue weighted by Gasteiger charge is -2.08. The average Bonchev–Trinajstić information content (AvgIpc) is 3.33. The van der Waals surface area contributed by atoms with E-state index in [1.54, 1.807) is 6.20 Å². The summed E-state index contributed by atoms with van der Waals surface area (Å²) in [5, 5.41) is 13.7. The lowest BCUT2D eigenvalue weighted by atomic mass is 10.3. The highest BCUT2D eigenvalue weighted by atomic mass is 32.2. The number of nitrogens with two attached hydrogens (primary N) is 1. The number of thioether (sulfide) groups is 1. The van der Waals surface area contributed by atoms with Gasteiger partial charge in [0.15, 0.2) is 11.0 Å². The maximum absolute atomic E-state index is 12.1. The zero-order chi connectivity index (χ0) is 19.1. The Morgan fingerprint density at radius 2 is 2.11 bits per heavy atom. The fourth-order valence-electron chi connectivity index (χ4n) is 2.28. The Bertz CT molecular complexity index is 896. The maximum Gasteiger partial charge on any atom is 0.230 e. The minimum Gasteiger partial charge on any atom is -0.370 e. The number of nitrogens with zero attached hydrogens (tertiary/aromatic N) is 4. The molecular formula is C17H18N6O2S2. The Balaban J connectivity index is 1.63. The molecular weight excluding hydrogens is 384 g/mol. The molecule has 0 bridgehead atoms. The minimum atomic E-state index is -0.398. The molecule has 0 atom stereocenters. The lowest BCUT2D eigenvalue weighted by Crippen LogP contribution is -2.25. The van der Waals surface area contributed by atoms with Gasteiger partial charge in [0.05, 0.1) is 22.9 Å². The standard InChI is InChI=1S/C17H18N6O2S2/c18-14(24)6-8-23-16(13-5-3-9-26-13)21-22-17(23)27-11-15(25)20-10-12-4-1-2-7-19-12/h1-5,7,9H,6,8,10-11H2,(H2,18,24)(H,20,25). The van der Waals surface area contributed by atoms with Gasteiger partial charge in [-0.25, -0.2) is 0 Å². The summed E-state index contributed by atoms with van der Waals surface area (Å²) in [6.07, 6.45) is 1.86. The Morgan fingerprint density at radius 1 is 1.22 bits per heavy atom. The van der Waals surface area contributed by atoms with E-state index in [1.807, 2.05) is 40.3 Å². The van der Waals surface area contributed by atoms with E-state index < -0.39 is 5.91 Å². The van der Waals surface area contributed by atoms with Crippen molar-refractivity contribution < 1.29 is 9.59 Å². The number of amides is 2. The van der Waals surface area contributed by atoms with Crippen molar-refractivity contribution in [3.63, 3.8) is 0 Å². The van der Waals surface area contributed by atoms with Crippen molar-refractivity contribution >= 4 is 34.9 Å². The molecule has 0 fully saturated rings. The average molecular weight is 403 g/mol. The molecule has 8 nitrogen and oxygen atoms in total. The molecule has 3 heterocycles. The van der Waals surface area contributed by atoms with Crippen molar-refractivity contribution in [3.05, 3.63) is 47.6 Å². The van der Waals surface area contributed by atoms with E-state index in [-0.39, 0.29) is 18.1 Å². The van der Waals surface area contributed by atoms with E-state index >= 15 is 0 Å². The maximum atomic E-state index is 12.1. The first-order valence-corrected chi connectivity index (χ1v) is 10.0. The first-order valence-electron chi connectivity index (χ1n) is 8.18. The van der Waals surface area contributed by atoms with Crippen LogP contribution in [-0.4, -0.2) is 37.3 Å². The fourth-order valence-corrected chi connectivity index (χ4v) is 3.79. The molecule has 3 N–H and O–H groups in total. The van der Waals surface area contributed by atoms with Crippen LogP contribution in [0.25, 0.3) is 10.7 Å². The molecule has 0 aromatic carbocycles. The van der Waals surface area contributed by atoms with E-state index in [0.29, 0.717) is 24.1 Å². The molecule has 2 amide bonds. The first kappa shape index (κ1) is 19.1. The zero-order valence-corrected chi connectivity index (χ0v) is 16.0. The van der Waals surface area contributed by atoms with Gasteiger partial charge in [-0.1, -0.05) is 23.9 Å². The smallest absolute Gasteiger partial charge is 0.230 e. The molecule has 27 heavy (non-hydrogen) atoms. The second-order valence-electron chi connectivity index (χ2n) is 5.54. The van der Waals surface area contributed by atoms with Crippen LogP contribution in [0.4, 0.5) is 0 Å². The van der Waals surface area contributed by atoms with Gasteiger partial charge in [0.25, 0.3) is 0 Å². The summed E-state index contributed by atoms with van der Waals surface area (Å²) in [7, 11) is 0. The van der Waals surface area contributed by atoms with Crippen LogP contribution in [0, 0.1) is 0 Å². The van der Waals surface area contributed by atoms with Crippen molar-refractivity contribution in [2.45, 2.75) is 24.7 Å². The highest BCUT2D eigenvalue weighted by molar-refractivity contribution is 7.99. The highest BCUT2D eigenvalue weighted by Crippen LogP contribution is 2.27. The van der Waals surface area contributed by atoms with Crippen molar-refractivity contribution in [2.24, 2.45) is 5.73 Å². The third-order valence-corrected chi connectivity index (χ3v) is 5.40. The second kappa shape index (κ2) is 9.28. The van der Waals surface area contributed by atoms with Crippen LogP contribution in [0.5, 0.6) is 0 Å². The zero-order valence-electron chi connectivity index (χ0n) is 14.4. The van der Waals surface area contributed by atoms with Gasteiger partial charge in [0.1, 0.15) is 0 Å². The van der Waals surface area contributed by atoms with Crippen LogP contribution >= 0.6 is 23.1 Å². The van der Waals surface area contributed by atoms with Crippen LogP contribution in [0.2, 0.25) is 0 Å². The van der Waals surface area contributed by atoms with Crippen molar-refractivity contribution in [2.75, 3.05) is 5.75 Å². The molecule has 0 aliphatic heterocycles. The summed E-state index contributed by atoms with van der Waals surface area (Å²) in [5.41, 5.74) is 6.07. The fraction of sp³-hybridized carbons (Fsp3) is 0.235. The van der Waals surface area contributed by atoms with Gasteiger partial charge < -0.3 is 15.6 Å². The number of thiophene rings is 1. The van der Waals surface area contributed by atoms with Crippen LogP contribution < -0.4 is 11.1 Å². The van der Waals surface area contributed by atoms with Gasteiger partial charge in [-0.15, -0.1) is 21.5 Å². The number of carbonyl (C=O) groups excluding carboxylic acids is 2. The van der Waals surface area contributed by atoms with E-state index in [9.17, 15) is 9.59 Å². The SMILES string of the molecule is NC(=O)CCn1c(SCC(=O)NCc2ccccn2)nnc1-c1cccs1. The lowest BCUT2D eigenvalue weighted by molar-refractivity contribution is -0.119. The van der Waals surface area contributed by atoms with Gasteiger partial charge in [0.2, 0.25) is 11.8 Å². The molecule has 3 rings (SSSR count). The number of rotatable bonds is 9. The van der Waals surface area contributed by atoms with E-state index in [1.165, 1.54) is 23.1 Å². The Morgan fingerprint density at radius 3 is 2.81 bits per heavy atom. The van der Waals surface area contributed by atoms with Crippen LogP contribution in [-0.2, 0) is 22.7 Å². The van der Waals surface area contributed by atoms with Gasteiger partial charge >= 0.3 is 0 Å². The topological polar surface area (TPSA) is 116 Å². The number of aromatic nitrogens is 4. The van der Waals surface area contributed by atoms with Gasteiger partial charge in [0, 0.05) is 19.2 Å². The highest BCUT2D eigenvalue weighted by Gasteiger charge is 2.16. The monoisotopic (exact) mass is 402 g/mol. The molecule has 0 unspecified atom stereocenters. The molecule has 0 aliphatic rings. The predicted molar refractivity (Wildman–Crippen MR) is 104 cm³/mol. The number of primary amides is 1. The summed E-state index contributed by atoms with van der Waals surface area (Å²) < 4.78 is 1.83. The number of pyridine rings is 1. The molecule has 0 radical (unpaired) electrons. The summed E-state index contributed by atoms with van der Waals surface area (Å²) in [4.78, 5) is 28.4. The Labute approximate surface area is 164 Å². The molecule has 10 heteroatoms. The molecule has 0 spiro atoms. The number of hydrogen-bond acceptors (Lipinski definition) is 7. The van der Waals surface area contributed by atoms with E-state index in [4.69, 9.17) is 5.73 Å². The second-order valence-corrected chi connectivity index (χ2v) is 7.43. The molecule has 140 valence electrons. The molecule has 0 saturated heterocycles. The van der Waals surface area contributed by atoms with Crippen molar-refractivity contribution in [1.29, 1.82) is 0 Å². The molecule has 0 aliphatic carbocycles. The van der Waals surface area contributed by atoms with Crippen LogP contribution in [0.15, 0.2) is 47.1 Å². The summed E-state index contributed by atoms with van der Waals surface area (Å²) >= 11 is 2.80. The third-order valence-electron chi connectivity index (χ3n) is 3.57. The van der Waals surface area contributed by atoms with Crippen LogP contribution in [0.3, 0.4) is 0 Å². The van der Waals surface area contributed by atoms with Crippen LogP contribution in [0.1, 0.15) is 12.1 Å². The summed E-state index contributed by atoms with van der Waals surface area (Å²) in [5.74, 6) is 0.326. The Hall–Kier alpha value is -2.72. The van der Waals surface area contributed by atoms with Crippen molar-refractivity contribution in [1.82, 2.24) is 25.1 Å². The summed E-state index contributed by atoms with van der Waals surface area (Å²) in [6.45, 7) is 0.739. The van der Waals surface area contributed by atoms with E-state index in [0.717, 1.165) is 10.6 Å². The number of hydrogen-bond donors (Lipinski definition) is 2. The van der Waals surface area contributed by atoms with Crippen molar-refractivity contribution in [3.8, 4) is 10.7 Å². The first-order chi connectivity index (χ1) is 13.1. The quantitative estimate of drug-likeness (QED) is 0.526. The largest absolute Gasteiger partial charge is 0.370 e. The van der Waals surface area contributed by atoms with Gasteiger partial charge in [-0.2, -0.15) is 0 Å². The predicted octanol–water partition coefficient (Wildman–Crippen LogP) is 1.69. The third kappa shape index (κ3) is 5.38. The van der Waals surface area contributed by atoms with Gasteiger partial charge in [-0.05, 0) is 23.6 Å².